The molecular weight excluding hydrogens is 264 g/mol. The zero-order chi connectivity index (χ0) is 12.4. The standard InChI is InChI=1S/C13H18N2OS2/c16-12(7-10-1-4-17-5-2-10)8-11-9-15-3-6-18-13(15)14-11/h3,6,9-10,12,16H,1-2,4-5,7-8H2. The minimum Gasteiger partial charge on any atom is -0.393 e. The van der Waals surface area contributed by atoms with Crippen LogP contribution in [0.3, 0.4) is 0 Å². The molecule has 0 radical (unpaired) electrons. The summed E-state index contributed by atoms with van der Waals surface area (Å²) in [6.45, 7) is 0. The second-order valence-electron chi connectivity index (χ2n) is 4.97. The predicted molar refractivity (Wildman–Crippen MR) is 77.4 cm³/mol. The van der Waals surface area contributed by atoms with Gasteiger partial charge in [-0.1, -0.05) is 0 Å². The van der Waals surface area contributed by atoms with Gasteiger partial charge in [0.05, 0.1) is 11.8 Å². The van der Waals surface area contributed by atoms with Crippen molar-refractivity contribution in [3.8, 4) is 0 Å². The lowest BCUT2D eigenvalue weighted by atomic mass is 9.94. The molecule has 1 atom stereocenters. The van der Waals surface area contributed by atoms with Gasteiger partial charge in [0, 0.05) is 24.2 Å². The summed E-state index contributed by atoms with van der Waals surface area (Å²) < 4.78 is 2.03. The van der Waals surface area contributed by atoms with Crippen molar-refractivity contribution in [2.45, 2.75) is 31.8 Å². The summed E-state index contributed by atoms with van der Waals surface area (Å²) in [4.78, 5) is 5.54. The molecule has 0 aliphatic carbocycles. The third-order valence-electron chi connectivity index (χ3n) is 3.53. The van der Waals surface area contributed by atoms with E-state index in [9.17, 15) is 5.11 Å². The molecule has 3 nitrogen and oxygen atoms in total. The summed E-state index contributed by atoms with van der Waals surface area (Å²) in [5.41, 5.74) is 1.01. The number of aliphatic hydroxyl groups excluding tert-OH is 1. The number of imidazole rings is 1. The third-order valence-corrected chi connectivity index (χ3v) is 5.35. The first-order valence-corrected chi connectivity index (χ1v) is 8.51. The van der Waals surface area contributed by atoms with Gasteiger partial charge in [-0.15, -0.1) is 11.3 Å². The van der Waals surface area contributed by atoms with Crippen molar-refractivity contribution < 1.29 is 5.11 Å². The first-order chi connectivity index (χ1) is 8.81. The van der Waals surface area contributed by atoms with Gasteiger partial charge in [-0.2, -0.15) is 11.8 Å². The average molecular weight is 282 g/mol. The van der Waals surface area contributed by atoms with E-state index >= 15 is 0 Å². The van der Waals surface area contributed by atoms with E-state index in [1.807, 2.05) is 33.9 Å². The van der Waals surface area contributed by atoms with Gasteiger partial charge in [-0.25, -0.2) is 4.98 Å². The van der Waals surface area contributed by atoms with Crippen molar-refractivity contribution in [3.63, 3.8) is 0 Å². The van der Waals surface area contributed by atoms with Gasteiger partial charge < -0.3 is 5.11 Å². The second-order valence-corrected chi connectivity index (χ2v) is 7.07. The maximum atomic E-state index is 10.2. The lowest BCUT2D eigenvalue weighted by Gasteiger charge is -2.23. The lowest BCUT2D eigenvalue weighted by molar-refractivity contribution is 0.138. The Kier molecular flexibility index (Phi) is 3.91. The molecule has 2 aromatic heterocycles. The second kappa shape index (κ2) is 5.63. The van der Waals surface area contributed by atoms with E-state index in [-0.39, 0.29) is 6.10 Å². The van der Waals surface area contributed by atoms with Crippen LogP contribution >= 0.6 is 23.1 Å². The van der Waals surface area contributed by atoms with E-state index in [4.69, 9.17) is 0 Å². The molecule has 0 spiro atoms. The minimum atomic E-state index is -0.234. The highest BCUT2D eigenvalue weighted by molar-refractivity contribution is 7.99. The highest BCUT2D eigenvalue weighted by Gasteiger charge is 2.18. The van der Waals surface area contributed by atoms with Crippen LogP contribution in [0, 0.1) is 5.92 Å². The summed E-state index contributed by atoms with van der Waals surface area (Å²) >= 11 is 3.68. The number of aromatic nitrogens is 2. The van der Waals surface area contributed by atoms with E-state index in [0.717, 1.165) is 17.1 Å². The topological polar surface area (TPSA) is 37.5 Å². The van der Waals surface area contributed by atoms with Crippen LogP contribution in [0.4, 0.5) is 0 Å². The largest absolute Gasteiger partial charge is 0.393 e. The Morgan fingerprint density at radius 1 is 1.44 bits per heavy atom. The third kappa shape index (κ3) is 2.90. The molecule has 0 amide bonds. The maximum Gasteiger partial charge on any atom is 0.193 e. The van der Waals surface area contributed by atoms with Crippen molar-refractivity contribution in [1.29, 1.82) is 0 Å². The molecule has 0 aromatic carbocycles. The number of nitrogens with zero attached hydrogens (tertiary/aromatic N) is 2. The molecule has 98 valence electrons. The van der Waals surface area contributed by atoms with E-state index in [0.29, 0.717) is 12.3 Å². The summed E-state index contributed by atoms with van der Waals surface area (Å²) in [5.74, 6) is 3.24. The van der Waals surface area contributed by atoms with E-state index in [1.54, 1.807) is 11.3 Å². The average Bonchev–Trinajstić information content (AvgIpc) is 2.90. The molecule has 1 unspecified atom stereocenters. The molecule has 3 rings (SSSR count). The number of hydrogen-bond donors (Lipinski definition) is 1. The van der Waals surface area contributed by atoms with Crippen LogP contribution in [0.5, 0.6) is 0 Å². The van der Waals surface area contributed by atoms with Crippen molar-refractivity contribution in [3.05, 3.63) is 23.5 Å². The minimum absolute atomic E-state index is 0.234. The molecule has 1 aliphatic rings. The predicted octanol–water partition coefficient (Wildman–Crippen LogP) is 2.83. The van der Waals surface area contributed by atoms with Crippen molar-refractivity contribution in [1.82, 2.24) is 9.38 Å². The molecule has 1 aliphatic heterocycles. The SMILES string of the molecule is OC(Cc1cn2ccsc2n1)CC1CCSCC1. The normalized spacial score (nSPS) is 19.4. The van der Waals surface area contributed by atoms with Crippen LogP contribution in [0.25, 0.3) is 4.96 Å². The molecule has 1 saturated heterocycles. The Balaban J connectivity index is 1.56. The number of hydrogen-bond acceptors (Lipinski definition) is 4. The molecule has 1 fully saturated rings. The molecule has 18 heavy (non-hydrogen) atoms. The Bertz CT molecular complexity index is 473. The van der Waals surface area contributed by atoms with Crippen molar-refractivity contribution >= 4 is 28.1 Å². The molecule has 2 aromatic rings. The summed E-state index contributed by atoms with van der Waals surface area (Å²) in [5, 5.41) is 12.2. The van der Waals surface area contributed by atoms with Crippen LogP contribution in [0.2, 0.25) is 0 Å². The van der Waals surface area contributed by atoms with Gasteiger partial charge >= 0.3 is 0 Å². The number of aliphatic hydroxyl groups is 1. The van der Waals surface area contributed by atoms with Gasteiger partial charge in [0.15, 0.2) is 4.96 Å². The summed E-state index contributed by atoms with van der Waals surface area (Å²) in [7, 11) is 0. The van der Waals surface area contributed by atoms with Crippen molar-refractivity contribution in [2.75, 3.05) is 11.5 Å². The maximum absolute atomic E-state index is 10.2. The van der Waals surface area contributed by atoms with Crippen LogP contribution in [0.15, 0.2) is 17.8 Å². The highest BCUT2D eigenvalue weighted by Crippen LogP contribution is 2.27. The van der Waals surface area contributed by atoms with Crippen LogP contribution in [-0.4, -0.2) is 32.1 Å². The molecular formula is C13H18N2OS2. The van der Waals surface area contributed by atoms with Crippen molar-refractivity contribution in [2.24, 2.45) is 5.92 Å². The zero-order valence-electron chi connectivity index (χ0n) is 10.3. The zero-order valence-corrected chi connectivity index (χ0v) is 11.9. The molecule has 0 saturated carbocycles. The molecule has 3 heterocycles. The number of rotatable bonds is 4. The van der Waals surface area contributed by atoms with Gasteiger partial charge in [0.1, 0.15) is 0 Å². The van der Waals surface area contributed by atoms with Gasteiger partial charge in [-0.3, -0.25) is 4.40 Å². The molecule has 1 N–H and O–H groups in total. The number of thiazole rings is 1. The Labute approximate surface area is 115 Å². The smallest absolute Gasteiger partial charge is 0.193 e. The monoisotopic (exact) mass is 282 g/mol. The fourth-order valence-electron chi connectivity index (χ4n) is 2.57. The van der Waals surface area contributed by atoms with Crippen LogP contribution in [0.1, 0.15) is 25.0 Å². The van der Waals surface area contributed by atoms with Crippen LogP contribution < -0.4 is 0 Å². The fourth-order valence-corrected chi connectivity index (χ4v) is 4.49. The van der Waals surface area contributed by atoms with E-state index in [1.165, 1.54) is 24.3 Å². The summed E-state index contributed by atoms with van der Waals surface area (Å²) in [6.07, 6.45) is 7.97. The Hall–Kier alpha value is -0.520. The quantitative estimate of drug-likeness (QED) is 0.937. The number of fused-ring (bicyclic) bond motifs is 1. The molecule has 0 bridgehead atoms. The number of thioether (sulfide) groups is 1. The van der Waals surface area contributed by atoms with Crippen LogP contribution in [-0.2, 0) is 6.42 Å². The van der Waals surface area contributed by atoms with Gasteiger partial charge in [0.2, 0.25) is 0 Å². The molecule has 5 heteroatoms. The fraction of sp³-hybridized carbons (Fsp3) is 0.615. The van der Waals surface area contributed by atoms with E-state index in [2.05, 4.69) is 4.98 Å². The van der Waals surface area contributed by atoms with Gasteiger partial charge in [-0.05, 0) is 36.7 Å². The Morgan fingerprint density at radius 2 is 2.28 bits per heavy atom. The van der Waals surface area contributed by atoms with E-state index < -0.39 is 0 Å². The van der Waals surface area contributed by atoms with Gasteiger partial charge in [0.25, 0.3) is 0 Å². The summed E-state index contributed by atoms with van der Waals surface area (Å²) in [6, 6.07) is 0. The first-order valence-electron chi connectivity index (χ1n) is 6.48. The first kappa shape index (κ1) is 12.5. The Morgan fingerprint density at radius 3 is 3.06 bits per heavy atom. The lowest BCUT2D eigenvalue weighted by Crippen LogP contribution is -2.19. The highest BCUT2D eigenvalue weighted by atomic mass is 32.2.